The Kier molecular flexibility index (Phi) is 7.66. The van der Waals surface area contributed by atoms with E-state index < -0.39 is 0 Å². The van der Waals surface area contributed by atoms with Crippen LogP contribution in [0.3, 0.4) is 0 Å². The van der Waals surface area contributed by atoms with Crippen LogP contribution >= 0.6 is 0 Å². The van der Waals surface area contributed by atoms with Gasteiger partial charge in [-0.1, -0.05) is 70.4 Å². The molecular weight excluding hydrogens is 302 g/mol. The summed E-state index contributed by atoms with van der Waals surface area (Å²) in [5.74, 6) is -0.125. The second kappa shape index (κ2) is 10.0. The second-order valence-electron chi connectivity index (χ2n) is 6.40. The molecule has 0 spiro atoms. The lowest BCUT2D eigenvalue weighted by molar-refractivity contribution is -0.143. The third kappa shape index (κ3) is 5.59. The molecule has 0 unspecified atom stereocenters. The van der Waals surface area contributed by atoms with E-state index in [9.17, 15) is 9.90 Å². The average Bonchev–Trinajstić information content (AvgIpc) is 2.90. The van der Waals surface area contributed by atoms with Crippen molar-refractivity contribution in [2.24, 2.45) is 0 Å². The Bertz CT molecular complexity index is 633. The molecule has 0 aliphatic carbocycles. The summed E-state index contributed by atoms with van der Waals surface area (Å²) in [4.78, 5) is 17.3. The van der Waals surface area contributed by atoms with Gasteiger partial charge in [-0.25, -0.2) is 4.79 Å². The molecule has 1 aromatic heterocycles. The molecule has 0 amide bonds. The molecule has 0 aliphatic heterocycles. The molecule has 2 rings (SSSR count). The minimum Gasteiger partial charge on any atom is -0.506 e. The van der Waals surface area contributed by atoms with Crippen molar-refractivity contribution in [1.29, 1.82) is 0 Å². The molecule has 1 aromatic carbocycles. The van der Waals surface area contributed by atoms with Crippen LogP contribution in [0.5, 0.6) is 5.75 Å². The summed E-state index contributed by atoms with van der Waals surface area (Å²) in [5.41, 5.74) is 0.704. The van der Waals surface area contributed by atoms with Gasteiger partial charge in [0, 0.05) is 11.8 Å². The molecule has 2 aromatic rings. The maximum absolute atomic E-state index is 11.9. The molecule has 4 heteroatoms. The van der Waals surface area contributed by atoms with Gasteiger partial charge >= 0.3 is 5.97 Å². The van der Waals surface area contributed by atoms with Crippen molar-refractivity contribution in [2.45, 2.75) is 71.1 Å². The Morgan fingerprint density at radius 3 is 2.33 bits per heavy atom. The van der Waals surface area contributed by atoms with E-state index in [2.05, 4.69) is 6.92 Å². The molecule has 0 bridgehead atoms. The van der Waals surface area contributed by atoms with E-state index in [-0.39, 0.29) is 11.7 Å². The fourth-order valence-corrected chi connectivity index (χ4v) is 2.94. The summed E-state index contributed by atoms with van der Waals surface area (Å²) in [6.07, 6.45) is 12.9. The van der Waals surface area contributed by atoms with Crippen LogP contribution in [0.25, 0.3) is 10.9 Å². The van der Waals surface area contributed by atoms with Crippen molar-refractivity contribution < 1.29 is 14.7 Å². The molecule has 24 heavy (non-hydrogen) atoms. The first-order valence-corrected chi connectivity index (χ1v) is 9.22. The lowest BCUT2D eigenvalue weighted by Crippen LogP contribution is -2.18. The largest absolute Gasteiger partial charge is 0.506 e. The lowest BCUT2D eigenvalue weighted by atomic mass is 10.1. The number of hydrogen-bond acceptors (Lipinski definition) is 3. The zero-order chi connectivity index (χ0) is 17.2. The topological polar surface area (TPSA) is 51.5 Å². The van der Waals surface area contributed by atoms with Gasteiger partial charge in [0.1, 0.15) is 5.75 Å². The number of nitrogens with zero attached hydrogens (tertiary/aromatic N) is 1. The molecule has 1 heterocycles. The number of para-hydroxylation sites is 1. The average molecular weight is 331 g/mol. The summed E-state index contributed by atoms with van der Waals surface area (Å²) in [6, 6.07) is 7.32. The van der Waals surface area contributed by atoms with Gasteiger partial charge in [-0.05, 0) is 18.6 Å². The van der Waals surface area contributed by atoms with E-state index in [0.29, 0.717) is 17.3 Å². The highest BCUT2D eigenvalue weighted by atomic mass is 16.7. The molecule has 0 fully saturated rings. The molecular formula is C20H29NO3. The van der Waals surface area contributed by atoms with E-state index in [1.54, 1.807) is 6.07 Å². The van der Waals surface area contributed by atoms with Crippen molar-refractivity contribution in [3.8, 4) is 5.75 Å². The first-order valence-electron chi connectivity index (χ1n) is 9.22. The number of rotatable bonds is 11. The Morgan fingerprint density at radius 1 is 1.00 bits per heavy atom. The number of aromatic hydroxyl groups is 1. The number of unbranched alkanes of at least 4 members (excludes halogenated alkanes) is 8. The zero-order valence-corrected chi connectivity index (χ0v) is 14.7. The van der Waals surface area contributed by atoms with Crippen molar-refractivity contribution in [3.63, 3.8) is 0 Å². The molecule has 1 N–H and O–H groups in total. The fraction of sp³-hybridized carbons (Fsp3) is 0.550. The number of aromatic nitrogens is 1. The van der Waals surface area contributed by atoms with Crippen molar-refractivity contribution in [3.05, 3.63) is 30.5 Å². The highest BCUT2D eigenvalue weighted by Gasteiger charge is 2.11. The number of carbonyl (C=O) groups excluding carboxylic acids is 1. The van der Waals surface area contributed by atoms with Gasteiger partial charge in [-0.3, -0.25) is 0 Å². The molecule has 0 radical (unpaired) electrons. The van der Waals surface area contributed by atoms with Crippen LogP contribution in [0.2, 0.25) is 0 Å². The Morgan fingerprint density at radius 2 is 1.62 bits per heavy atom. The van der Waals surface area contributed by atoms with Gasteiger partial charge in [0.25, 0.3) is 0 Å². The first kappa shape index (κ1) is 18.4. The smallest absolute Gasteiger partial charge is 0.332 e. The number of carbonyl (C=O) groups is 1. The summed E-state index contributed by atoms with van der Waals surface area (Å²) < 4.78 is 1.36. The second-order valence-corrected chi connectivity index (χ2v) is 6.40. The predicted molar refractivity (Wildman–Crippen MR) is 97.0 cm³/mol. The summed E-state index contributed by atoms with van der Waals surface area (Å²) in [5, 5.41) is 10.5. The Hall–Kier alpha value is -1.97. The maximum atomic E-state index is 11.9. The van der Waals surface area contributed by atoms with Crippen LogP contribution in [0.15, 0.2) is 30.5 Å². The van der Waals surface area contributed by atoms with E-state index in [1.165, 1.54) is 55.9 Å². The van der Waals surface area contributed by atoms with Gasteiger partial charge in [0.2, 0.25) is 0 Å². The van der Waals surface area contributed by atoms with Gasteiger partial charge in [0.05, 0.1) is 11.7 Å². The van der Waals surface area contributed by atoms with Crippen molar-refractivity contribution >= 4 is 16.9 Å². The fourth-order valence-electron chi connectivity index (χ4n) is 2.94. The van der Waals surface area contributed by atoms with Crippen LogP contribution in [0.1, 0.15) is 71.1 Å². The molecule has 132 valence electrons. The SMILES string of the molecule is CCCCCCCCCCCC(=O)On1cc(O)c2ccccc21. The van der Waals surface area contributed by atoms with Gasteiger partial charge < -0.3 is 9.94 Å². The normalized spacial score (nSPS) is 11.0. The molecule has 4 nitrogen and oxygen atoms in total. The molecule has 0 atom stereocenters. The van der Waals surface area contributed by atoms with Crippen LogP contribution in [0, 0.1) is 0 Å². The van der Waals surface area contributed by atoms with Crippen LogP contribution in [-0.2, 0) is 4.79 Å². The number of fused-ring (bicyclic) bond motifs is 1. The summed E-state index contributed by atoms with van der Waals surface area (Å²) >= 11 is 0. The molecule has 0 aliphatic rings. The predicted octanol–water partition coefficient (Wildman–Crippen LogP) is 5.22. The Balaban J connectivity index is 1.63. The molecule has 0 saturated carbocycles. The van der Waals surface area contributed by atoms with Gasteiger partial charge in [-0.15, -0.1) is 0 Å². The standard InChI is InChI=1S/C20H29NO3/c1-2-3-4-5-6-7-8-9-10-15-20(23)24-21-16-19(22)17-13-11-12-14-18(17)21/h11-14,16,22H,2-10,15H2,1H3. The zero-order valence-electron chi connectivity index (χ0n) is 14.7. The summed E-state index contributed by atoms with van der Waals surface area (Å²) in [7, 11) is 0. The highest BCUT2D eigenvalue weighted by Crippen LogP contribution is 2.25. The molecule has 0 saturated heterocycles. The maximum Gasteiger partial charge on any atom is 0.332 e. The first-order chi connectivity index (χ1) is 11.7. The van der Waals surface area contributed by atoms with Crippen LogP contribution < -0.4 is 4.84 Å². The number of benzene rings is 1. The van der Waals surface area contributed by atoms with Gasteiger partial charge in [0.15, 0.2) is 0 Å². The highest BCUT2D eigenvalue weighted by molar-refractivity contribution is 5.86. The third-order valence-corrected chi connectivity index (χ3v) is 4.34. The summed E-state index contributed by atoms with van der Waals surface area (Å²) in [6.45, 7) is 2.23. The lowest BCUT2D eigenvalue weighted by Gasteiger charge is -2.06. The monoisotopic (exact) mass is 331 g/mol. The Labute approximate surface area is 144 Å². The minimum absolute atomic E-state index is 0.126. The van der Waals surface area contributed by atoms with E-state index in [0.717, 1.165) is 12.8 Å². The van der Waals surface area contributed by atoms with Crippen molar-refractivity contribution in [1.82, 2.24) is 4.73 Å². The quantitative estimate of drug-likeness (QED) is 0.574. The van der Waals surface area contributed by atoms with Gasteiger partial charge in [-0.2, -0.15) is 4.73 Å². The van der Waals surface area contributed by atoms with E-state index in [1.807, 2.05) is 18.2 Å². The van der Waals surface area contributed by atoms with Crippen molar-refractivity contribution in [2.75, 3.05) is 0 Å². The third-order valence-electron chi connectivity index (χ3n) is 4.34. The van der Waals surface area contributed by atoms with Crippen LogP contribution in [-0.4, -0.2) is 15.8 Å². The number of hydrogen-bond donors (Lipinski definition) is 1. The van der Waals surface area contributed by atoms with E-state index in [4.69, 9.17) is 4.84 Å². The minimum atomic E-state index is -0.251. The van der Waals surface area contributed by atoms with E-state index >= 15 is 0 Å². The van der Waals surface area contributed by atoms with Crippen LogP contribution in [0.4, 0.5) is 0 Å².